The quantitative estimate of drug-likeness (QED) is 0.251. The van der Waals surface area contributed by atoms with Gasteiger partial charge in [0.25, 0.3) is 0 Å². The van der Waals surface area contributed by atoms with E-state index in [1.54, 1.807) is 0 Å². The predicted molar refractivity (Wildman–Crippen MR) is 145 cm³/mol. The fourth-order valence-corrected chi connectivity index (χ4v) is 5.60. The third kappa shape index (κ3) is 5.55. The fourth-order valence-electron chi connectivity index (χ4n) is 5.60. The Balaban J connectivity index is 0.00000289. The van der Waals surface area contributed by atoms with Crippen molar-refractivity contribution in [3.63, 3.8) is 0 Å². The Morgan fingerprint density at radius 2 is 1.18 bits per heavy atom. The van der Waals surface area contributed by atoms with Crippen LogP contribution in [-0.2, 0) is 0 Å². The van der Waals surface area contributed by atoms with E-state index in [0.717, 1.165) is 17.4 Å². The number of rotatable bonds is 9. The van der Waals surface area contributed by atoms with Gasteiger partial charge in [-0.3, -0.25) is 0 Å². The number of fused-ring (bicyclic) bond motifs is 2. The van der Waals surface area contributed by atoms with Gasteiger partial charge in [0.15, 0.2) is 0 Å². The number of hydrogen-bond donors (Lipinski definition) is 0. The molecule has 0 bridgehead atoms. The topological polar surface area (TPSA) is 18.5 Å². The molecule has 178 valence electrons. The van der Waals surface area contributed by atoms with E-state index >= 15 is 0 Å². The fraction of sp³-hybridized carbons (Fsp3) is 0.375. The molecular weight excluding hydrogens is 416 g/mol. The zero-order valence-corrected chi connectivity index (χ0v) is 20.3. The molecular formula is C32H38O2. The minimum Gasteiger partial charge on any atom is -0.493 e. The van der Waals surface area contributed by atoms with Crippen LogP contribution in [0, 0.1) is 17.8 Å². The Hall–Kier alpha value is -3.00. The van der Waals surface area contributed by atoms with Gasteiger partial charge >= 0.3 is 0 Å². The summed E-state index contributed by atoms with van der Waals surface area (Å²) >= 11 is 0. The summed E-state index contributed by atoms with van der Waals surface area (Å²) in [6.45, 7) is 3.72. The second-order valence-corrected chi connectivity index (χ2v) is 9.97. The molecule has 0 N–H and O–H groups in total. The van der Waals surface area contributed by atoms with Crippen LogP contribution in [0.4, 0.5) is 0 Å². The summed E-state index contributed by atoms with van der Waals surface area (Å²) in [5.41, 5.74) is 0. The molecule has 1 saturated carbocycles. The molecule has 0 radical (unpaired) electrons. The van der Waals surface area contributed by atoms with E-state index in [2.05, 4.69) is 91.9 Å². The van der Waals surface area contributed by atoms with Crippen LogP contribution in [0.15, 0.2) is 84.9 Å². The minimum absolute atomic E-state index is 0. The maximum Gasteiger partial charge on any atom is 0.119 e. The second kappa shape index (κ2) is 11.0. The van der Waals surface area contributed by atoms with Gasteiger partial charge in [-0.05, 0) is 70.5 Å². The second-order valence-electron chi connectivity index (χ2n) is 9.97. The molecule has 0 aromatic heterocycles. The van der Waals surface area contributed by atoms with Crippen LogP contribution in [0.5, 0.6) is 11.5 Å². The third-order valence-corrected chi connectivity index (χ3v) is 7.63. The van der Waals surface area contributed by atoms with E-state index in [9.17, 15) is 0 Å². The molecule has 1 fully saturated rings. The van der Waals surface area contributed by atoms with Crippen molar-refractivity contribution < 1.29 is 10.9 Å². The van der Waals surface area contributed by atoms with Gasteiger partial charge in [0, 0.05) is 7.34 Å². The lowest BCUT2D eigenvalue weighted by atomic mass is 9.75. The predicted octanol–water partition coefficient (Wildman–Crippen LogP) is 8.92. The van der Waals surface area contributed by atoms with Gasteiger partial charge < -0.3 is 9.47 Å². The standard InChI is InChI=1S/C32H36O2.H2/c1-2-7-24-12-14-27(15-13-24)30(22-33-31-18-16-25-8-3-5-10-28(25)20-31)23-34-32-19-17-26-9-4-6-11-29(26)21-32;/h3-6,8-11,16-21,24,27,30H,2,7,12-15,22-23H2,1H3;1H. The van der Waals surface area contributed by atoms with Gasteiger partial charge in [-0.15, -0.1) is 0 Å². The van der Waals surface area contributed by atoms with Crippen molar-refractivity contribution in [2.45, 2.75) is 45.4 Å². The molecule has 0 unspecified atom stereocenters. The smallest absolute Gasteiger partial charge is 0.119 e. The van der Waals surface area contributed by atoms with Crippen LogP contribution in [-0.4, -0.2) is 13.2 Å². The van der Waals surface area contributed by atoms with E-state index in [-0.39, 0.29) is 1.43 Å². The highest BCUT2D eigenvalue weighted by molar-refractivity contribution is 5.84. The Labute approximate surface area is 205 Å². The lowest BCUT2D eigenvalue weighted by Gasteiger charge is -2.33. The van der Waals surface area contributed by atoms with Crippen LogP contribution < -0.4 is 9.47 Å². The molecule has 4 aromatic rings. The molecule has 2 nitrogen and oxygen atoms in total. The SMILES string of the molecule is CCCC1CCC(C(COc2ccc3ccccc3c2)COc2ccc3ccccc3c2)CC1.[HH]. The van der Waals surface area contributed by atoms with Crippen molar-refractivity contribution in [2.75, 3.05) is 13.2 Å². The molecule has 34 heavy (non-hydrogen) atoms. The maximum atomic E-state index is 6.38. The molecule has 0 amide bonds. The van der Waals surface area contributed by atoms with Crippen molar-refractivity contribution in [3.8, 4) is 11.5 Å². The Morgan fingerprint density at radius 3 is 1.68 bits per heavy atom. The highest BCUT2D eigenvalue weighted by atomic mass is 16.5. The van der Waals surface area contributed by atoms with E-state index in [4.69, 9.17) is 9.47 Å². The normalized spacial score (nSPS) is 18.4. The molecule has 0 saturated heterocycles. The summed E-state index contributed by atoms with van der Waals surface area (Å²) in [6, 6.07) is 29.8. The van der Waals surface area contributed by atoms with Crippen molar-refractivity contribution in [1.29, 1.82) is 0 Å². The summed E-state index contributed by atoms with van der Waals surface area (Å²) in [4.78, 5) is 0. The summed E-state index contributed by atoms with van der Waals surface area (Å²) in [6.07, 6.45) is 7.95. The molecule has 4 aromatic carbocycles. The van der Waals surface area contributed by atoms with Crippen molar-refractivity contribution >= 4 is 21.5 Å². The van der Waals surface area contributed by atoms with Gasteiger partial charge in [-0.1, -0.05) is 93.3 Å². The van der Waals surface area contributed by atoms with Gasteiger partial charge in [0.1, 0.15) is 11.5 Å². The highest BCUT2D eigenvalue weighted by Crippen LogP contribution is 2.36. The number of benzene rings is 4. The molecule has 0 spiro atoms. The number of ether oxygens (including phenoxy) is 2. The first-order chi connectivity index (χ1) is 16.8. The highest BCUT2D eigenvalue weighted by Gasteiger charge is 2.28. The minimum atomic E-state index is 0. The molecule has 0 atom stereocenters. The largest absolute Gasteiger partial charge is 0.493 e. The van der Waals surface area contributed by atoms with Crippen molar-refractivity contribution in [1.82, 2.24) is 0 Å². The Bertz CT molecular complexity index is 1130. The monoisotopic (exact) mass is 454 g/mol. The van der Waals surface area contributed by atoms with Gasteiger partial charge in [-0.2, -0.15) is 0 Å². The van der Waals surface area contributed by atoms with E-state index in [1.807, 2.05) is 0 Å². The first-order valence-corrected chi connectivity index (χ1v) is 13.0. The zero-order valence-electron chi connectivity index (χ0n) is 20.3. The van der Waals surface area contributed by atoms with Crippen LogP contribution in [0.2, 0.25) is 0 Å². The van der Waals surface area contributed by atoms with Crippen molar-refractivity contribution in [2.24, 2.45) is 17.8 Å². The number of hydrogen-bond acceptors (Lipinski definition) is 2. The lowest BCUT2D eigenvalue weighted by Crippen LogP contribution is -2.31. The summed E-state index contributed by atoms with van der Waals surface area (Å²) in [5.74, 6) is 3.86. The Kier molecular flexibility index (Phi) is 7.34. The zero-order chi connectivity index (χ0) is 23.2. The molecule has 0 aliphatic heterocycles. The van der Waals surface area contributed by atoms with Crippen LogP contribution in [0.25, 0.3) is 21.5 Å². The molecule has 1 aliphatic carbocycles. The Morgan fingerprint density at radius 1 is 0.676 bits per heavy atom. The molecule has 0 heterocycles. The van der Waals surface area contributed by atoms with Gasteiger partial charge in [-0.25, -0.2) is 0 Å². The van der Waals surface area contributed by atoms with Crippen LogP contribution >= 0.6 is 0 Å². The molecule has 2 heteroatoms. The van der Waals surface area contributed by atoms with E-state index in [1.165, 1.54) is 60.1 Å². The van der Waals surface area contributed by atoms with Crippen LogP contribution in [0.3, 0.4) is 0 Å². The summed E-state index contributed by atoms with van der Waals surface area (Å²) < 4.78 is 12.8. The van der Waals surface area contributed by atoms with E-state index < -0.39 is 0 Å². The molecule has 1 aliphatic rings. The average molecular weight is 455 g/mol. The van der Waals surface area contributed by atoms with Gasteiger partial charge in [0.2, 0.25) is 0 Å². The molecule has 5 rings (SSSR count). The van der Waals surface area contributed by atoms with E-state index in [0.29, 0.717) is 25.0 Å². The van der Waals surface area contributed by atoms with Gasteiger partial charge in [0.05, 0.1) is 13.2 Å². The maximum absolute atomic E-state index is 6.38. The first-order valence-electron chi connectivity index (χ1n) is 13.0. The summed E-state index contributed by atoms with van der Waals surface area (Å²) in [7, 11) is 0. The summed E-state index contributed by atoms with van der Waals surface area (Å²) in [5, 5.41) is 4.95. The third-order valence-electron chi connectivity index (χ3n) is 7.63. The lowest BCUT2D eigenvalue weighted by molar-refractivity contribution is 0.0964. The first kappa shape index (κ1) is 22.8. The van der Waals surface area contributed by atoms with Crippen molar-refractivity contribution in [3.05, 3.63) is 84.9 Å². The van der Waals surface area contributed by atoms with Crippen LogP contribution in [0.1, 0.15) is 46.9 Å². The average Bonchev–Trinajstić information content (AvgIpc) is 2.89.